The molecule has 3 amide bonds. The Morgan fingerprint density at radius 2 is 1.67 bits per heavy atom. The van der Waals surface area contributed by atoms with Crippen LogP contribution in [-0.4, -0.2) is 102 Å². The van der Waals surface area contributed by atoms with Gasteiger partial charge in [-0.2, -0.15) is 0 Å². The van der Waals surface area contributed by atoms with Crippen LogP contribution in [0.3, 0.4) is 0 Å². The lowest BCUT2D eigenvalue weighted by atomic mass is 9.87. The van der Waals surface area contributed by atoms with E-state index in [-0.39, 0.29) is 12.2 Å². The molecule has 43 heavy (non-hydrogen) atoms. The van der Waals surface area contributed by atoms with E-state index in [4.69, 9.17) is 24.7 Å². The minimum Gasteiger partial charge on any atom is -0.478 e. The van der Waals surface area contributed by atoms with E-state index in [0.717, 1.165) is 51.8 Å². The molecule has 0 saturated carbocycles. The Balaban J connectivity index is 3.58. The Morgan fingerprint density at radius 3 is 2.21 bits per heavy atom. The molecule has 0 aromatic rings. The van der Waals surface area contributed by atoms with Gasteiger partial charge in [0.25, 0.3) is 0 Å². The quantitative estimate of drug-likeness (QED) is 0.0605. The molecular formula is C27H44N4O11S. The Bertz CT molecular complexity index is 998. The van der Waals surface area contributed by atoms with Crippen molar-refractivity contribution in [3.63, 3.8) is 0 Å². The SMILES string of the molecule is C=CCS[C@]1(C(=O)O)C[C@H](NC(=O)NCCCCCCN)[C@@H](NC(C)=O)[C@H]([C@H](OC(C)=O)[C@@H](COC(C)=O)OC(C)=O)O1. The number of hydrogen-bond donors (Lipinski definition) is 5. The minimum absolute atomic E-state index is 0.116. The van der Waals surface area contributed by atoms with Gasteiger partial charge in [0.1, 0.15) is 12.7 Å². The lowest BCUT2D eigenvalue weighted by Gasteiger charge is -2.49. The molecule has 1 aliphatic rings. The number of carbonyl (C=O) groups is 6. The number of carboxylic acids is 1. The fourth-order valence-corrected chi connectivity index (χ4v) is 5.49. The number of thioether (sulfide) groups is 1. The van der Waals surface area contributed by atoms with Crippen LogP contribution in [0, 0.1) is 0 Å². The molecule has 6 N–H and O–H groups in total. The normalized spacial score (nSPS) is 22.7. The van der Waals surface area contributed by atoms with E-state index in [1.807, 2.05) is 0 Å². The van der Waals surface area contributed by atoms with Gasteiger partial charge in [0.15, 0.2) is 12.2 Å². The average Bonchev–Trinajstić information content (AvgIpc) is 2.91. The molecule has 0 aromatic heterocycles. The van der Waals surface area contributed by atoms with E-state index in [0.29, 0.717) is 19.5 Å². The molecule has 16 heteroatoms. The smallest absolute Gasteiger partial charge is 0.346 e. The molecule has 1 fully saturated rings. The zero-order valence-electron chi connectivity index (χ0n) is 25.1. The zero-order valence-corrected chi connectivity index (χ0v) is 25.9. The fourth-order valence-electron chi connectivity index (χ4n) is 4.50. The van der Waals surface area contributed by atoms with Gasteiger partial charge >= 0.3 is 29.9 Å². The third-order valence-corrected chi connectivity index (χ3v) is 7.53. The molecule has 15 nitrogen and oxygen atoms in total. The summed E-state index contributed by atoms with van der Waals surface area (Å²) in [6.45, 7) is 8.40. The molecule has 1 rings (SSSR count). The molecule has 0 aliphatic carbocycles. The highest BCUT2D eigenvalue weighted by Gasteiger charge is 2.57. The van der Waals surface area contributed by atoms with Gasteiger partial charge in [0.2, 0.25) is 10.8 Å². The molecule has 0 radical (unpaired) electrons. The number of unbranched alkanes of at least 4 members (excludes halogenated alkanes) is 3. The molecule has 0 unspecified atom stereocenters. The van der Waals surface area contributed by atoms with Gasteiger partial charge in [-0.15, -0.1) is 18.3 Å². The standard InChI is InChI=1S/C27H44N4O11S/c1-6-13-43-27(25(36)37)14-20(31-26(38)29-12-10-8-7-9-11-28)22(30-16(2)32)24(42-27)23(41-19(5)35)21(40-18(4)34)15-39-17(3)33/h6,20-24H,1,7-15,28H2,2-5H3,(H,30,32)(H,36,37)(H2,29,31,38)/t20-,21+,22+,23+,24+,27-/m0/s1. The molecule has 0 spiro atoms. The minimum atomic E-state index is -2.03. The number of nitrogens with two attached hydrogens (primary N) is 1. The molecule has 0 bridgehead atoms. The number of rotatable bonds is 18. The number of amides is 3. The van der Waals surface area contributed by atoms with Gasteiger partial charge in [-0.1, -0.05) is 18.9 Å². The molecule has 244 valence electrons. The van der Waals surface area contributed by atoms with Crippen molar-refractivity contribution in [2.45, 2.75) is 95.1 Å². The lowest BCUT2D eigenvalue weighted by molar-refractivity contribution is -0.210. The van der Waals surface area contributed by atoms with Crippen LogP contribution in [0.5, 0.6) is 0 Å². The van der Waals surface area contributed by atoms with Crippen molar-refractivity contribution >= 4 is 47.6 Å². The van der Waals surface area contributed by atoms with Crippen molar-refractivity contribution in [2.75, 3.05) is 25.4 Å². The van der Waals surface area contributed by atoms with Crippen LogP contribution < -0.4 is 21.7 Å². The van der Waals surface area contributed by atoms with E-state index >= 15 is 0 Å². The summed E-state index contributed by atoms with van der Waals surface area (Å²) >= 11 is 0.850. The maximum atomic E-state index is 13.0. The number of aliphatic carboxylic acids is 1. The van der Waals surface area contributed by atoms with Crippen molar-refractivity contribution in [3.05, 3.63) is 12.7 Å². The number of carboxylic acid groups (broad SMARTS) is 1. The van der Waals surface area contributed by atoms with Crippen LogP contribution in [0.4, 0.5) is 4.79 Å². The van der Waals surface area contributed by atoms with Crippen molar-refractivity contribution < 1.29 is 52.8 Å². The van der Waals surface area contributed by atoms with Gasteiger partial charge in [0.05, 0.1) is 12.1 Å². The molecule has 6 atom stereocenters. The fraction of sp³-hybridized carbons (Fsp3) is 0.704. The van der Waals surface area contributed by atoms with Gasteiger partial charge in [-0.05, 0) is 19.4 Å². The van der Waals surface area contributed by atoms with Crippen LogP contribution >= 0.6 is 11.8 Å². The van der Waals surface area contributed by atoms with E-state index in [1.165, 1.54) is 13.0 Å². The largest absolute Gasteiger partial charge is 0.478 e. The monoisotopic (exact) mass is 632 g/mol. The zero-order chi connectivity index (χ0) is 32.6. The number of esters is 3. The van der Waals surface area contributed by atoms with Gasteiger partial charge < -0.3 is 45.7 Å². The van der Waals surface area contributed by atoms with Crippen molar-refractivity contribution in [2.24, 2.45) is 5.73 Å². The summed E-state index contributed by atoms with van der Waals surface area (Å²) in [6.07, 6.45) is -0.140. The second-order valence-corrected chi connectivity index (χ2v) is 11.2. The number of urea groups is 1. The first-order chi connectivity index (χ1) is 20.3. The van der Waals surface area contributed by atoms with E-state index in [9.17, 15) is 33.9 Å². The predicted molar refractivity (Wildman–Crippen MR) is 156 cm³/mol. The second kappa shape index (κ2) is 19.0. The Morgan fingerprint density at radius 1 is 1.02 bits per heavy atom. The third kappa shape index (κ3) is 13.2. The Labute approximate surface area is 255 Å². The highest BCUT2D eigenvalue weighted by Crippen LogP contribution is 2.41. The third-order valence-electron chi connectivity index (χ3n) is 6.23. The van der Waals surface area contributed by atoms with Crippen molar-refractivity contribution in [3.8, 4) is 0 Å². The number of nitrogens with one attached hydrogen (secondary N) is 3. The number of hydrogen-bond acceptors (Lipinski definition) is 12. The second-order valence-electron chi connectivity index (χ2n) is 9.90. The Hall–Kier alpha value is -3.37. The topological polar surface area (TPSA) is 222 Å². The van der Waals surface area contributed by atoms with E-state index in [2.05, 4.69) is 22.5 Å². The summed E-state index contributed by atoms with van der Waals surface area (Å²) in [6, 6.07) is -2.91. The maximum Gasteiger partial charge on any atom is 0.346 e. The van der Waals surface area contributed by atoms with E-state index in [1.54, 1.807) is 0 Å². The first kappa shape index (κ1) is 37.7. The molecule has 1 aliphatic heterocycles. The predicted octanol–water partition coefficient (Wildman–Crippen LogP) is 0.594. The first-order valence-electron chi connectivity index (χ1n) is 13.9. The summed E-state index contributed by atoms with van der Waals surface area (Å²) in [5, 5.41) is 18.5. The molecule has 1 heterocycles. The highest BCUT2D eigenvalue weighted by molar-refractivity contribution is 8.01. The highest BCUT2D eigenvalue weighted by atomic mass is 32.2. The van der Waals surface area contributed by atoms with Crippen LogP contribution in [0.1, 0.15) is 59.8 Å². The number of carbonyl (C=O) groups excluding carboxylic acids is 5. The van der Waals surface area contributed by atoms with Gasteiger partial charge in [-0.3, -0.25) is 19.2 Å². The first-order valence-corrected chi connectivity index (χ1v) is 14.9. The lowest BCUT2D eigenvalue weighted by Crippen LogP contribution is -2.70. The van der Waals surface area contributed by atoms with Crippen molar-refractivity contribution in [1.29, 1.82) is 0 Å². The van der Waals surface area contributed by atoms with Crippen LogP contribution in [0.25, 0.3) is 0 Å². The van der Waals surface area contributed by atoms with Crippen LogP contribution in [-0.2, 0) is 42.9 Å². The summed E-state index contributed by atoms with van der Waals surface area (Å²) in [4.78, 5) is 71.9. The van der Waals surface area contributed by atoms with Gasteiger partial charge in [0, 0.05) is 46.4 Å². The summed E-state index contributed by atoms with van der Waals surface area (Å²) in [5.41, 5.74) is 5.50. The summed E-state index contributed by atoms with van der Waals surface area (Å²) < 4.78 is 22.0. The summed E-state index contributed by atoms with van der Waals surface area (Å²) in [5.74, 6) is -4.29. The van der Waals surface area contributed by atoms with Gasteiger partial charge in [-0.25, -0.2) is 9.59 Å². The van der Waals surface area contributed by atoms with Crippen molar-refractivity contribution in [1.82, 2.24) is 16.0 Å². The van der Waals surface area contributed by atoms with E-state index < -0.39 is 77.8 Å². The maximum absolute atomic E-state index is 13.0. The average molecular weight is 633 g/mol. The Kier molecular flexibility index (Phi) is 16.7. The molecule has 0 aromatic carbocycles. The molecule has 1 saturated heterocycles. The number of ether oxygens (including phenoxy) is 4. The summed E-state index contributed by atoms with van der Waals surface area (Å²) in [7, 11) is 0. The molecular weight excluding hydrogens is 588 g/mol. The van der Waals surface area contributed by atoms with Crippen LogP contribution in [0.2, 0.25) is 0 Å². The van der Waals surface area contributed by atoms with Crippen LogP contribution in [0.15, 0.2) is 12.7 Å².